The van der Waals surface area contributed by atoms with Gasteiger partial charge in [-0.25, -0.2) is 0 Å². The number of aliphatic hydroxyl groups is 1. The van der Waals surface area contributed by atoms with E-state index >= 15 is 0 Å². The smallest absolute Gasteiger partial charge is 0.308 e. The van der Waals surface area contributed by atoms with Crippen molar-refractivity contribution in [3.63, 3.8) is 0 Å². The number of hydrogen-bond donors (Lipinski definition) is 1. The van der Waals surface area contributed by atoms with Crippen LogP contribution in [-0.2, 0) is 9.53 Å². The Bertz CT molecular complexity index is 289. The fraction of sp³-hybridized carbons (Fsp3) is 0.955. The van der Waals surface area contributed by atoms with Gasteiger partial charge in [-0.1, -0.05) is 104 Å². The Morgan fingerprint density at radius 3 is 1.68 bits per heavy atom. The zero-order valence-electron chi connectivity index (χ0n) is 17.2. The molecule has 0 aromatic carbocycles. The number of ether oxygens (including phenoxy) is 1. The lowest BCUT2D eigenvalue weighted by molar-refractivity contribution is -0.147. The molecule has 0 saturated heterocycles. The van der Waals surface area contributed by atoms with Crippen LogP contribution in [0.25, 0.3) is 0 Å². The molecular formula is C22H44O3. The monoisotopic (exact) mass is 356 g/mol. The highest BCUT2D eigenvalue weighted by Crippen LogP contribution is 2.14. The Balaban J connectivity index is 3.25. The van der Waals surface area contributed by atoms with Crippen LogP contribution in [0.5, 0.6) is 0 Å². The molecule has 0 aliphatic rings. The highest BCUT2D eigenvalue weighted by molar-refractivity contribution is 5.69. The van der Waals surface area contributed by atoms with Crippen LogP contribution in [0.3, 0.4) is 0 Å². The molecule has 0 fully saturated rings. The molecule has 0 spiro atoms. The van der Waals surface area contributed by atoms with E-state index < -0.39 is 6.10 Å². The fourth-order valence-corrected chi connectivity index (χ4v) is 3.01. The molecule has 3 heteroatoms. The van der Waals surface area contributed by atoms with Gasteiger partial charge in [0.15, 0.2) is 0 Å². The summed E-state index contributed by atoms with van der Waals surface area (Å²) in [4.78, 5) is 11.5. The van der Waals surface area contributed by atoms with Gasteiger partial charge < -0.3 is 9.84 Å². The average molecular weight is 357 g/mol. The molecule has 1 unspecified atom stereocenters. The zero-order valence-corrected chi connectivity index (χ0v) is 17.2. The summed E-state index contributed by atoms with van der Waals surface area (Å²) in [6, 6.07) is 0. The number of rotatable bonds is 18. The molecule has 0 aromatic rings. The first-order valence-electron chi connectivity index (χ1n) is 10.9. The first-order valence-corrected chi connectivity index (χ1v) is 10.9. The molecule has 0 amide bonds. The molecule has 3 nitrogen and oxygen atoms in total. The van der Waals surface area contributed by atoms with Gasteiger partial charge in [-0.15, -0.1) is 0 Å². The van der Waals surface area contributed by atoms with Gasteiger partial charge in [0, 0.05) is 0 Å². The maximum atomic E-state index is 11.5. The van der Waals surface area contributed by atoms with Crippen molar-refractivity contribution in [2.75, 3.05) is 6.61 Å². The number of carbonyl (C=O) groups excluding carboxylic acids is 1. The lowest BCUT2D eigenvalue weighted by atomic mass is 10.0. The third-order valence-electron chi connectivity index (χ3n) is 4.62. The van der Waals surface area contributed by atoms with Crippen molar-refractivity contribution >= 4 is 5.97 Å². The highest BCUT2D eigenvalue weighted by Gasteiger charge is 2.12. The second kappa shape index (κ2) is 18.2. The third kappa shape index (κ3) is 19.6. The quantitative estimate of drug-likeness (QED) is 0.228. The van der Waals surface area contributed by atoms with Gasteiger partial charge in [-0.3, -0.25) is 4.79 Å². The van der Waals surface area contributed by atoms with Crippen molar-refractivity contribution in [3.8, 4) is 0 Å². The standard InChI is InChI=1S/C22H44O3/c1-4-5-6-7-8-9-10-11-12-13-14-15-16-17-21(23)18-22(24)25-19-20(2)3/h20-21,23H,4-19H2,1-3H3. The van der Waals surface area contributed by atoms with Crippen molar-refractivity contribution in [2.45, 2.75) is 123 Å². The van der Waals surface area contributed by atoms with Gasteiger partial charge in [0.05, 0.1) is 19.1 Å². The zero-order chi connectivity index (χ0) is 18.8. The van der Waals surface area contributed by atoms with Gasteiger partial charge in [0.25, 0.3) is 0 Å². The molecule has 0 radical (unpaired) electrons. The van der Waals surface area contributed by atoms with Crippen molar-refractivity contribution in [2.24, 2.45) is 5.92 Å². The van der Waals surface area contributed by atoms with Crippen LogP contribution >= 0.6 is 0 Å². The van der Waals surface area contributed by atoms with Crippen LogP contribution in [0.4, 0.5) is 0 Å². The Labute approximate surface area is 156 Å². The largest absolute Gasteiger partial charge is 0.465 e. The number of unbranched alkanes of at least 4 members (excludes halogenated alkanes) is 12. The fourth-order valence-electron chi connectivity index (χ4n) is 3.01. The molecule has 0 aliphatic heterocycles. The van der Waals surface area contributed by atoms with E-state index in [9.17, 15) is 9.90 Å². The Morgan fingerprint density at radius 1 is 0.800 bits per heavy atom. The lowest BCUT2D eigenvalue weighted by Crippen LogP contribution is -2.17. The first kappa shape index (κ1) is 24.4. The van der Waals surface area contributed by atoms with E-state index in [0.29, 0.717) is 18.9 Å². The molecule has 0 saturated carbocycles. The molecular weight excluding hydrogens is 312 g/mol. The van der Waals surface area contributed by atoms with E-state index in [2.05, 4.69) is 6.92 Å². The predicted molar refractivity (Wildman–Crippen MR) is 107 cm³/mol. The summed E-state index contributed by atoms with van der Waals surface area (Å²) in [5.41, 5.74) is 0. The van der Waals surface area contributed by atoms with Gasteiger partial charge in [-0.2, -0.15) is 0 Å². The van der Waals surface area contributed by atoms with Gasteiger partial charge >= 0.3 is 5.97 Å². The van der Waals surface area contributed by atoms with Crippen molar-refractivity contribution in [1.82, 2.24) is 0 Å². The average Bonchev–Trinajstić information content (AvgIpc) is 2.57. The summed E-state index contributed by atoms with van der Waals surface area (Å²) >= 11 is 0. The summed E-state index contributed by atoms with van der Waals surface area (Å²) in [5, 5.41) is 9.86. The van der Waals surface area contributed by atoms with Crippen molar-refractivity contribution < 1.29 is 14.6 Å². The van der Waals surface area contributed by atoms with E-state index in [1.165, 1.54) is 70.6 Å². The van der Waals surface area contributed by atoms with E-state index in [1.807, 2.05) is 13.8 Å². The molecule has 0 bridgehead atoms. The second-order valence-electron chi connectivity index (χ2n) is 7.97. The summed E-state index contributed by atoms with van der Waals surface area (Å²) in [6.45, 7) is 6.74. The number of aliphatic hydroxyl groups excluding tert-OH is 1. The number of esters is 1. The molecule has 0 aliphatic carbocycles. The van der Waals surface area contributed by atoms with E-state index in [1.54, 1.807) is 0 Å². The van der Waals surface area contributed by atoms with Crippen molar-refractivity contribution in [3.05, 3.63) is 0 Å². The van der Waals surface area contributed by atoms with Gasteiger partial charge in [-0.05, 0) is 12.3 Å². The molecule has 0 rings (SSSR count). The number of carbonyl (C=O) groups is 1. The van der Waals surface area contributed by atoms with E-state index in [0.717, 1.165) is 12.8 Å². The van der Waals surface area contributed by atoms with Crippen LogP contribution in [0.2, 0.25) is 0 Å². The third-order valence-corrected chi connectivity index (χ3v) is 4.62. The Kier molecular flexibility index (Phi) is 17.8. The van der Waals surface area contributed by atoms with Crippen LogP contribution in [0, 0.1) is 5.92 Å². The maximum Gasteiger partial charge on any atom is 0.308 e. The Morgan fingerprint density at radius 2 is 1.24 bits per heavy atom. The normalized spacial score (nSPS) is 12.5. The Hall–Kier alpha value is -0.570. The van der Waals surface area contributed by atoms with Crippen LogP contribution in [0.1, 0.15) is 117 Å². The minimum Gasteiger partial charge on any atom is -0.465 e. The maximum absolute atomic E-state index is 11.5. The minimum atomic E-state index is -0.535. The topological polar surface area (TPSA) is 46.5 Å². The molecule has 0 heterocycles. The SMILES string of the molecule is CCCCCCCCCCCCCCCC(O)CC(=O)OCC(C)C. The van der Waals surface area contributed by atoms with Gasteiger partial charge in [0.1, 0.15) is 0 Å². The van der Waals surface area contributed by atoms with Crippen LogP contribution in [0.15, 0.2) is 0 Å². The van der Waals surface area contributed by atoms with Crippen LogP contribution in [-0.4, -0.2) is 23.8 Å². The predicted octanol–water partition coefficient (Wildman–Crippen LogP) is 6.42. The molecule has 1 N–H and O–H groups in total. The number of hydrogen-bond acceptors (Lipinski definition) is 3. The second-order valence-corrected chi connectivity index (χ2v) is 7.97. The first-order chi connectivity index (χ1) is 12.1. The summed E-state index contributed by atoms with van der Waals surface area (Å²) < 4.78 is 5.09. The van der Waals surface area contributed by atoms with Crippen molar-refractivity contribution in [1.29, 1.82) is 0 Å². The minimum absolute atomic E-state index is 0.144. The van der Waals surface area contributed by atoms with Crippen LogP contribution < -0.4 is 0 Å². The molecule has 150 valence electrons. The van der Waals surface area contributed by atoms with E-state index in [-0.39, 0.29) is 12.4 Å². The summed E-state index contributed by atoms with van der Waals surface area (Å²) in [6.07, 6.45) is 17.5. The van der Waals surface area contributed by atoms with Gasteiger partial charge in [0.2, 0.25) is 0 Å². The molecule has 25 heavy (non-hydrogen) atoms. The molecule has 1 atom stereocenters. The summed E-state index contributed by atoms with van der Waals surface area (Å²) in [5.74, 6) is 0.0815. The summed E-state index contributed by atoms with van der Waals surface area (Å²) in [7, 11) is 0. The lowest BCUT2D eigenvalue weighted by Gasteiger charge is -2.11. The molecule has 0 aromatic heterocycles. The highest BCUT2D eigenvalue weighted by atomic mass is 16.5. The van der Waals surface area contributed by atoms with E-state index in [4.69, 9.17) is 4.74 Å².